The predicted molar refractivity (Wildman–Crippen MR) is 58.4 cm³/mol. The lowest BCUT2D eigenvalue weighted by Gasteiger charge is -2.24. The van der Waals surface area contributed by atoms with Crippen LogP contribution in [0.5, 0.6) is 0 Å². The average Bonchev–Trinajstić information content (AvgIpc) is 2.61. The monoisotopic (exact) mass is 243 g/mol. The van der Waals surface area contributed by atoms with Gasteiger partial charge in [-0.2, -0.15) is 0 Å². The number of hydrogen-bond acceptors (Lipinski definition) is 3. The molecule has 1 amide bonds. The molecule has 17 heavy (non-hydrogen) atoms. The molecule has 2 N–H and O–H groups in total. The average molecular weight is 243 g/mol. The van der Waals surface area contributed by atoms with Crippen LogP contribution in [-0.2, 0) is 14.4 Å². The predicted octanol–water partition coefficient (Wildman–Crippen LogP) is 0.420. The first-order valence-corrected chi connectivity index (χ1v) is 5.64. The summed E-state index contributed by atoms with van der Waals surface area (Å²) in [5.74, 6) is -2.75. The van der Waals surface area contributed by atoms with Gasteiger partial charge in [-0.1, -0.05) is 13.3 Å². The highest BCUT2D eigenvalue weighted by atomic mass is 16.4. The van der Waals surface area contributed by atoms with Gasteiger partial charge in [-0.15, -0.1) is 0 Å². The summed E-state index contributed by atoms with van der Waals surface area (Å²) in [6.07, 6.45) is 2.59. The van der Waals surface area contributed by atoms with Gasteiger partial charge in [-0.05, 0) is 18.8 Å². The second-order valence-electron chi connectivity index (χ2n) is 4.50. The van der Waals surface area contributed by atoms with E-state index >= 15 is 0 Å². The number of amides is 1. The Hall–Kier alpha value is -1.59. The quantitative estimate of drug-likeness (QED) is 0.729. The Balaban J connectivity index is 2.70. The van der Waals surface area contributed by atoms with Crippen molar-refractivity contribution in [3.05, 3.63) is 0 Å². The molecule has 0 aromatic carbocycles. The molecule has 0 spiro atoms. The van der Waals surface area contributed by atoms with Crippen LogP contribution in [0.15, 0.2) is 0 Å². The molecule has 6 heteroatoms. The summed E-state index contributed by atoms with van der Waals surface area (Å²) in [4.78, 5) is 34.2. The van der Waals surface area contributed by atoms with E-state index in [1.807, 2.05) is 6.92 Å². The summed E-state index contributed by atoms with van der Waals surface area (Å²) >= 11 is 0. The maximum absolute atomic E-state index is 12.0. The van der Waals surface area contributed by atoms with Gasteiger partial charge in [0.05, 0.1) is 0 Å². The molecule has 2 unspecified atom stereocenters. The van der Waals surface area contributed by atoms with Gasteiger partial charge in [0, 0.05) is 5.92 Å². The van der Waals surface area contributed by atoms with Crippen molar-refractivity contribution in [1.82, 2.24) is 4.90 Å². The second kappa shape index (κ2) is 5.65. The van der Waals surface area contributed by atoms with Crippen molar-refractivity contribution in [2.75, 3.05) is 13.1 Å². The first-order chi connectivity index (χ1) is 7.91. The zero-order valence-corrected chi connectivity index (χ0v) is 9.76. The molecular weight excluding hydrogens is 226 g/mol. The number of hydrogen-bond donors (Lipinski definition) is 2. The van der Waals surface area contributed by atoms with E-state index in [2.05, 4.69) is 0 Å². The van der Waals surface area contributed by atoms with Crippen LogP contribution in [0.4, 0.5) is 0 Å². The maximum atomic E-state index is 12.0. The van der Waals surface area contributed by atoms with E-state index in [0.717, 1.165) is 24.2 Å². The number of rotatable bonds is 5. The molecule has 0 heterocycles. The molecule has 2 atom stereocenters. The minimum Gasteiger partial charge on any atom is -0.480 e. The van der Waals surface area contributed by atoms with Gasteiger partial charge < -0.3 is 15.1 Å². The molecule has 0 saturated heterocycles. The highest BCUT2D eigenvalue weighted by molar-refractivity contribution is 5.86. The van der Waals surface area contributed by atoms with Crippen LogP contribution >= 0.6 is 0 Å². The van der Waals surface area contributed by atoms with Crippen LogP contribution in [0.3, 0.4) is 0 Å². The highest BCUT2D eigenvalue weighted by Gasteiger charge is 2.34. The summed E-state index contributed by atoms with van der Waals surface area (Å²) in [5, 5.41) is 17.3. The minimum atomic E-state index is -1.19. The van der Waals surface area contributed by atoms with E-state index in [1.54, 1.807) is 0 Å². The zero-order valence-electron chi connectivity index (χ0n) is 9.76. The molecule has 0 aliphatic heterocycles. The normalized spacial score (nSPS) is 23.4. The molecule has 1 fully saturated rings. The zero-order chi connectivity index (χ0) is 13.0. The van der Waals surface area contributed by atoms with Gasteiger partial charge in [-0.3, -0.25) is 14.4 Å². The van der Waals surface area contributed by atoms with Crippen LogP contribution < -0.4 is 0 Å². The van der Waals surface area contributed by atoms with E-state index in [4.69, 9.17) is 10.2 Å². The van der Waals surface area contributed by atoms with Crippen molar-refractivity contribution >= 4 is 17.8 Å². The SMILES string of the molecule is CC1CCCC1C(=O)N(CC(=O)O)CC(=O)O. The van der Waals surface area contributed by atoms with E-state index in [9.17, 15) is 14.4 Å². The molecule has 6 nitrogen and oxygen atoms in total. The number of aliphatic carboxylic acids is 2. The van der Waals surface area contributed by atoms with Crippen molar-refractivity contribution in [3.8, 4) is 0 Å². The van der Waals surface area contributed by atoms with Gasteiger partial charge in [0.1, 0.15) is 13.1 Å². The summed E-state index contributed by atoms with van der Waals surface area (Å²) in [6, 6.07) is 0. The summed E-state index contributed by atoms with van der Waals surface area (Å²) in [7, 11) is 0. The molecule has 0 bridgehead atoms. The van der Waals surface area contributed by atoms with E-state index < -0.39 is 25.0 Å². The fourth-order valence-corrected chi connectivity index (χ4v) is 2.29. The van der Waals surface area contributed by atoms with E-state index in [0.29, 0.717) is 0 Å². The van der Waals surface area contributed by atoms with E-state index in [-0.39, 0.29) is 17.7 Å². The van der Waals surface area contributed by atoms with Crippen LogP contribution in [0.1, 0.15) is 26.2 Å². The fraction of sp³-hybridized carbons (Fsp3) is 0.727. The lowest BCUT2D eigenvalue weighted by molar-refractivity contribution is -0.151. The number of nitrogens with zero attached hydrogens (tertiary/aromatic N) is 1. The Labute approximate surface area is 99.2 Å². The Morgan fingerprint density at radius 1 is 1.12 bits per heavy atom. The Bertz CT molecular complexity index is 312. The lowest BCUT2D eigenvalue weighted by Crippen LogP contribution is -2.43. The Kier molecular flexibility index (Phi) is 4.48. The van der Waals surface area contributed by atoms with Gasteiger partial charge in [-0.25, -0.2) is 0 Å². The first kappa shape index (κ1) is 13.5. The first-order valence-electron chi connectivity index (χ1n) is 5.64. The molecule has 1 aliphatic carbocycles. The fourth-order valence-electron chi connectivity index (χ4n) is 2.29. The van der Waals surface area contributed by atoms with Gasteiger partial charge in [0.15, 0.2) is 0 Å². The van der Waals surface area contributed by atoms with Gasteiger partial charge in [0.25, 0.3) is 0 Å². The van der Waals surface area contributed by atoms with Gasteiger partial charge in [0.2, 0.25) is 5.91 Å². The maximum Gasteiger partial charge on any atom is 0.323 e. The Morgan fingerprint density at radius 2 is 1.65 bits per heavy atom. The van der Waals surface area contributed by atoms with Crippen molar-refractivity contribution < 1.29 is 24.6 Å². The molecule has 96 valence electrons. The molecule has 0 radical (unpaired) electrons. The van der Waals surface area contributed by atoms with Gasteiger partial charge >= 0.3 is 11.9 Å². The third kappa shape index (κ3) is 3.72. The standard InChI is InChI=1S/C11H17NO5/c1-7-3-2-4-8(7)11(17)12(5-9(13)14)6-10(15)16/h7-8H,2-6H2,1H3,(H,13,14)(H,15,16). The largest absolute Gasteiger partial charge is 0.480 e. The van der Waals surface area contributed by atoms with Crippen molar-refractivity contribution in [1.29, 1.82) is 0 Å². The van der Waals surface area contributed by atoms with Crippen molar-refractivity contribution in [3.63, 3.8) is 0 Å². The number of carbonyl (C=O) groups is 3. The molecule has 0 aromatic rings. The molecule has 1 aliphatic rings. The molecule has 1 saturated carbocycles. The Morgan fingerprint density at radius 3 is 2.00 bits per heavy atom. The van der Waals surface area contributed by atoms with Crippen molar-refractivity contribution in [2.45, 2.75) is 26.2 Å². The van der Waals surface area contributed by atoms with E-state index in [1.165, 1.54) is 0 Å². The third-order valence-electron chi connectivity index (χ3n) is 3.14. The van der Waals surface area contributed by atoms with Crippen LogP contribution in [0.2, 0.25) is 0 Å². The number of carbonyl (C=O) groups excluding carboxylic acids is 1. The summed E-state index contributed by atoms with van der Waals surface area (Å²) in [6.45, 7) is 0.845. The number of carboxylic acids is 2. The lowest BCUT2D eigenvalue weighted by atomic mass is 9.96. The minimum absolute atomic E-state index is 0.201. The number of carboxylic acid groups (broad SMARTS) is 2. The second-order valence-corrected chi connectivity index (χ2v) is 4.50. The molecular formula is C11H17NO5. The molecule has 0 aromatic heterocycles. The van der Waals surface area contributed by atoms with Crippen LogP contribution in [0, 0.1) is 11.8 Å². The summed E-state index contributed by atoms with van der Waals surface area (Å²) in [5.41, 5.74) is 0. The third-order valence-corrected chi connectivity index (χ3v) is 3.14. The van der Waals surface area contributed by atoms with Crippen LogP contribution in [-0.4, -0.2) is 46.0 Å². The highest BCUT2D eigenvalue weighted by Crippen LogP contribution is 2.32. The van der Waals surface area contributed by atoms with Crippen molar-refractivity contribution in [2.24, 2.45) is 11.8 Å². The summed E-state index contributed by atoms with van der Waals surface area (Å²) < 4.78 is 0. The topological polar surface area (TPSA) is 94.9 Å². The smallest absolute Gasteiger partial charge is 0.323 e. The van der Waals surface area contributed by atoms with Crippen LogP contribution in [0.25, 0.3) is 0 Å². The molecule has 1 rings (SSSR count).